The lowest BCUT2D eigenvalue weighted by Crippen LogP contribution is -2.02. The Labute approximate surface area is 125 Å². The molecule has 0 radical (unpaired) electrons. The van der Waals surface area contributed by atoms with Crippen molar-refractivity contribution in [3.63, 3.8) is 0 Å². The summed E-state index contributed by atoms with van der Waals surface area (Å²) in [5, 5.41) is 13.1. The number of aromatic hydroxyl groups is 1. The first-order chi connectivity index (χ1) is 10.1. The zero-order valence-electron chi connectivity index (χ0n) is 12.6. The quantitative estimate of drug-likeness (QED) is 0.850. The maximum atomic E-state index is 9.70. The van der Waals surface area contributed by atoms with E-state index in [0.29, 0.717) is 18.9 Å². The molecule has 2 rings (SSSR count). The molecule has 0 atom stereocenters. The van der Waals surface area contributed by atoms with Gasteiger partial charge in [0.1, 0.15) is 5.75 Å². The molecule has 2 N–H and O–H groups in total. The second-order valence-electron chi connectivity index (χ2n) is 4.79. The Morgan fingerprint density at radius 2 is 1.90 bits per heavy atom. The van der Waals surface area contributed by atoms with E-state index >= 15 is 0 Å². The molecule has 0 fully saturated rings. The highest BCUT2D eigenvalue weighted by molar-refractivity contribution is 5.58. The monoisotopic (exact) mass is 287 g/mol. The lowest BCUT2D eigenvalue weighted by molar-refractivity contribution is 0.318. The van der Waals surface area contributed by atoms with Crippen LogP contribution < -0.4 is 14.8 Å². The largest absolute Gasteiger partial charge is 0.504 e. The fourth-order valence-corrected chi connectivity index (χ4v) is 2.10. The molecule has 0 amide bonds. The normalized spacial score (nSPS) is 10.2. The lowest BCUT2D eigenvalue weighted by Gasteiger charge is -2.13. The van der Waals surface area contributed by atoms with Crippen LogP contribution in [0.5, 0.6) is 17.2 Å². The minimum absolute atomic E-state index is 0.161. The molecule has 0 aliphatic carbocycles. The Kier molecular flexibility index (Phi) is 4.93. The summed E-state index contributed by atoms with van der Waals surface area (Å²) in [4.78, 5) is 0. The molecule has 0 aromatic heterocycles. The first kappa shape index (κ1) is 15.0. The molecule has 4 heteroatoms. The highest BCUT2D eigenvalue weighted by Crippen LogP contribution is 2.29. The van der Waals surface area contributed by atoms with Gasteiger partial charge in [0.2, 0.25) is 0 Å². The zero-order chi connectivity index (χ0) is 15.2. The molecule has 0 saturated heterocycles. The summed E-state index contributed by atoms with van der Waals surface area (Å²) in [6.07, 6.45) is 0. The minimum Gasteiger partial charge on any atom is -0.504 e. The number of hydrogen-bond acceptors (Lipinski definition) is 4. The van der Waals surface area contributed by atoms with Crippen LogP contribution in [0.2, 0.25) is 0 Å². The molecule has 0 aliphatic heterocycles. The van der Waals surface area contributed by atoms with Crippen LogP contribution in [0.3, 0.4) is 0 Å². The van der Waals surface area contributed by atoms with E-state index in [1.807, 2.05) is 44.2 Å². The summed E-state index contributed by atoms with van der Waals surface area (Å²) < 4.78 is 10.7. The molecule has 0 heterocycles. The first-order valence-corrected chi connectivity index (χ1v) is 6.97. The van der Waals surface area contributed by atoms with Crippen molar-refractivity contribution in [1.82, 2.24) is 0 Å². The third kappa shape index (κ3) is 3.81. The number of ether oxygens (including phenoxy) is 2. The van der Waals surface area contributed by atoms with E-state index in [2.05, 4.69) is 5.32 Å². The van der Waals surface area contributed by atoms with Crippen LogP contribution in [0.15, 0.2) is 36.4 Å². The summed E-state index contributed by atoms with van der Waals surface area (Å²) in [5.41, 5.74) is 3.14. The number of phenolic OH excluding ortho intramolecular Hbond substituents is 1. The molecule has 0 bridgehead atoms. The number of methoxy groups -OCH3 is 1. The molecule has 0 spiro atoms. The predicted octanol–water partition coefficient (Wildman–Crippen LogP) is 3.72. The van der Waals surface area contributed by atoms with Gasteiger partial charge in [0.15, 0.2) is 11.5 Å². The van der Waals surface area contributed by atoms with Crippen molar-refractivity contribution in [2.75, 3.05) is 19.0 Å². The second kappa shape index (κ2) is 6.88. The molecule has 0 aliphatic rings. The lowest BCUT2D eigenvalue weighted by atomic mass is 10.1. The third-order valence-corrected chi connectivity index (χ3v) is 3.16. The van der Waals surface area contributed by atoms with Gasteiger partial charge >= 0.3 is 0 Å². The molecule has 2 aromatic carbocycles. The highest BCUT2D eigenvalue weighted by atomic mass is 16.5. The smallest absolute Gasteiger partial charge is 0.161 e. The van der Waals surface area contributed by atoms with Crippen LogP contribution in [-0.4, -0.2) is 18.8 Å². The number of aryl methyl sites for hydroxylation is 1. The number of rotatable bonds is 6. The SMILES string of the molecule is CCOc1cc(CNc2cc(C)ccc2OC)ccc1O. The Balaban J connectivity index is 2.13. The van der Waals surface area contributed by atoms with Gasteiger partial charge < -0.3 is 19.9 Å². The van der Waals surface area contributed by atoms with Gasteiger partial charge in [-0.3, -0.25) is 0 Å². The fourth-order valence-electron chi connectivity index (χ4n) is 2.10. The number of hydrogen-bond donors (Lipinski definition) is 2. The summed E-state index contributed by atoms with van der Waals surface area (Å²) in [6.45, 7) is 5.08. The van der Waals surface area contributed by atoms with Crippen molar-refractivity contribution in [3.8, 4) is 17.2 Å². The third-order valence-electron chi connectivity index (χ3n) is 3.16. The maximum absolute atomic E-state index is 9.70. The van der Waals surface area contributed by atoms with Crippen LogP contribution >= 0.6 is 0 Å². The van der Waals surface area contributed by atoms with Gasteiger partial charge in [-0.25, -0.2) is 0 Å². The van der Waals surface area contributed by atoms with Crippen LogP contribution in [0.4, 0.5) is 5.69 Å². The average molecular weight is 287 g/mol. The molecule has 21 heavy (non-hydrogen) atoms. The molecular formula is C17H21NO3. The van der Waals surface area contributed by atoms with Gasteiger partial charge in [-0.1, -0.05) is 12.1 Å². The Morgan fingerprint density at radius 1 is 1.10 bits per heavy atom. The highest BCUT2D eigenvalue weighted by Gasteiger charge is 2.06. The summed E-state index contributed by atoms with van der Waals surface area (Å²) in [6, 6.07) is 11.4. The molecule has 4 nitrogen and oxygen atoms in total. The van der Waals surface area contributed by atoms with E-state index in [9.17, 15) is 5.11 Å². The number of nitrogens with one attached hydrogen (secondary N) is 1. The van der Waals surface area contributed by atoms with Gasteiger partial charge in [0.25, 0.3) is 0 Å². The molecule has 2 aromatic rings. The van der Waals surface area contributed by atoms with Crippen LogP contribution in [-0.2, 0) is 6.54 Å². The topological polar surface area (TPSA) is 50.7 Å². The molecule has 0 unspecified atom stereocenters. The Hall–Kier alpha value is -2.36. The fraction of sp³-hybridized carbons (Fsp3) is 0.294. The number of phenols is 1. The van der Waals surface area contributed by atoms with E-state index in [0.717, 1.165) is 17.0 Å². The van der Waals surface area contributed by atoms with Crippen molar-refractivity contribution in [3.05, 3.63) is 47.5 Å². The van der Waals surface area contributed by atoms with Crippen molar-refractivity contribution in [2.45, 2.75) is 20.4 Å². The maximum Gasteiger partial charge on any atom is 0.161 e. The van der Waals surface area contributed by atoms with Crippen molar-refractivity contribution in [1.29, 1.82) is 0 Å². The van der Waals surface area contributed by atoms with Crippen molar-refractivity contribution in [2.24, 2.45) is 0 Å². The van der Waals surface area contributed by atoms with Crippen molar-refractivity contribution >= 4 is 5.69 Å². The van der Waals surface area contributed by atoms with Crippen LogP contribution in [0, 0.1) is 6.92 Å². The molecule has 112 valence electrons. The van der Waals surface area contributed by atoms with E-state index in [-0.39, 0.29) is 5.75 Å². The molecular weight excluding hydrogens is 266 g/mol. The van der Waals surface area contributed by atoms with Crippen molar-refractivity contribution < 1.29 is 14.6 Å². The van der Waals surface area contributed by atoms with Crippen LogP contribution in [0.1, 0.15) is 18.1 Å². The van der Waals surface area contributed by atoms with Gasteiger partial charge in [0.05, 0.1) is 19.4 Å². The average Bonchev–Trinajstić information content (AvgIpc) is 2.48. The van der Waals surface area contributed by atoms with Gasteiger partial charge in [0, 0.05) is 6.54 Å². The van der Waals surface area contributed by atoms with E-state index in [1.54, 1.807) is 13.2 Å². The second-order valence-corrected chi connectivity index (χ2v) is 4.79. The Bertz CT molecular complexity index is 611. The number of anilines is 1. The standard InChI is InChI=1S/C17H21NO3/c1-4-21-17-10-13(6-7-15(17)19)11-18-14-9-12(2)5-8-16(14)20-3/h5-10,18-19H,4,11H2,1-3H3. The van der Waals surface area contributed by atoms with Crippen LogP contribution in [0.25, 0.3) is 0 Å². The summed E-state index contributed by atoms with van der Waals surface area (Å²) in [7, 11) is 1.66. The van der Waals surface area contributed by atoms with E-state index < -0.39 is 0 Å². The Morgan fingerprint density at radius 3 is 2.62 bits per heavy atom. The molecule has 0 saturated carbocycles. The van der Waals surface area contributed by atoms with E-state index in [4.69, 9.17) is 9.47 Å². The minimum atomic E-state index is 0.161. The summed E-state index contributed by atoms with van der Waals surface area (Å²) >= 11 is 0. The predicted molar refractivity (Wildman–Crippen MR) is 84.3 cm³/mol. The van der Waals surface area contributed by atoms with E-state index in [1.165, 1.54) is 5.56 Å². The van der Waals surface area contributed by atoms with Gasteiger partial charge in [-0.2, -0.15) is 0 Å². The van der Waals surface area contributed by atoms with Gasteiger partial charge in [-0.15, -0.1) is 0 Å². The van der Waals surface area contributed by atoms with Gasteiger partial charge in [-0.05, 0) is 49.2 Å². The summed E-state index contributed by atoms with van der Waals surface area (Å²) in [5.74, 6) is 1.48. The zero-order valence-corrected chi connectivity index (χ0v) is 12.6. The number of benzene rings is 2. The first-order valence-electron chi connectivity index (χ1n) is 6.97.